The molecule has 2 aromatic heterocycles. The van der Waals surface area contributed by atoms with Gasteiger partial charge < -0.3 is 14.2 Å². The van der Waals surface area contributed by atoms with E-state index in [9.17, 15) is 22.0 Å². The number of aromatic nitrogens is 3. The maximum absolute atomic E-state index is 14.7. The van der Waals surface area contributed by atoms with Gasteiger partial charge in [0.2, 0.25) is 0 Å². The molecule has 0 N–H and O–H groups in total. The molecule has 0 radical (unpaired) electrons. The molecule has 0 bridgehead atoms. The van der Waals surface area contributed by atoms with Crippen LogP contribution in [0.5, 0.6) is 0 Å². The van der Waals surface area contributed by atoms with Crippen LogP contribution in [-0.4, -0.2) is 59.4 Å². The Kier molecular flexibility index (Phi) is 6.63. The smallest absolute Gasteiger partial charge is 0.410 e. The second-order valence-electron chi connectivity index (χ2n) is 8.94. The van der Waals surface area contributed by atoms with Crippen LogP contribution in [0.2, 0.25) is 0 Å². The Labute approximate surface area is 202 Å². The summed E-state index contributed by atoms with van der Waals surface area (Å²) in [4.78, 5) is 21.8. The molecule has 0 aliphatic carbocycles. The molecule has 1 amide bonds. The highest BCUT2D eigenvalue weighted by atomic mass is 32.2. The van der Waals surface area contributed by atoms with Crippen molar-refractivity contribution in [2.24, 2.45) is 5.92 Å². The maximum Gasteiger partial charge on any atom is 0.410 e. The molecule has 1 atom stereocenters. The highest BCUT2D eigenvalue weighted by Gasteiger charge is 2.26. The van der Waals surface area contributed by atoms with E-state index in [0.717, 1.165) is 17.9 Å². The van der Waals surface area contributed by atoms with Crippen molar-refractivity contribution in [3.8, 4) is 0 Å². The fourth-order valence-corrected chi connectivity index (χ4v) is 5.03. The highest BCUT2D eigenvalue weighted by Crippen LogP contribution is 2.29. The summed E-state index contributed by atoms with van der Waals surface area (Å²) in [7, 11) is -4.05. The van der Waals surface area contributed by atoms with Gasteiger partial charge in [0.1, 0.15) is 10.7 Å². The number of hydrogen-bond donors (Lipinski definition) is 0. The lowest BCUT2D eigenvalue weighted by Gasteiger charge is -2.30. The monoisotopic (exact) mass is 504 g/mol. The molecule has 1 unspecified atom stereocenters. The van der Waals surface area contributed by atoms with Crippen molar-refractivity contribution in [1.82, 2.24) is 19.4 Å². The molecule has 0 saturated carbocycles. The zero-order valence-corrected chi connectivity index (χ0v) is 20.6. The molecule has 4 rings (SSSR count). The average Bonchev–Trinajstić information content (AvgIpc) is 3.15. The summed E-state index contributed by atoms with van der Waals surface area (Å²) in [6.07, 6.45) is 6.94. The Morgan fingerprint density at radius 3 is 2.60 bits per heavy atom. The third kappa shape index (κ3) is 5.04. The van der Waals surface area contributed by atoms with Gasteiger partial charge in [0.05, 0.1) is 41.9 Å². The predicted octanol–water partition coefficient (Wildman–Crippen LogP) is 4.04. The van der Waals surface area contributed by atoms with Gasteiger partial charge in [-0.3, -0.25) is 9.97 Å². The van der Waals surface area contributed by atoms with Crippen molar-refractivity contribution < 1.29 is 26.7 Å². The lowest BCUT2D eigenvalue weighted by atomic mass is 9.94. The first-order valence-corrected chi connectivity index (χ1v) is 13.0. The van der Waals surface area contributed by atoms with E-state index in [0.29, 0.717) is 24.5 Å². The Hall–Kier alpha value is -3.34. The number of sulfone groups is 1. The van der Waals surface area contributed by atoms with E-state index < -0.39 is 26.4 Å². The Bertz CT molecular complexity index is 1420. The quantitative estimate of drug-likeness (QED) is 0.521. The average molecular weight is 505 g/mol. The largest absolute Gasteiger partial charge is 0.447 e. The molecule has 1 aliphatic rings. The van der Waals surface area contributed by atoms with Gasteiger partial charge in [-0.1, -0.05) is 13.0 Å². The van der Waals surface area contributed by atoms with Gasteiger partial charge >= 0.3 is 6.09 Å². The van der Waals surface area contributed by atoms with Crippen molar-refractivity contribution >= 4 is 32.4 Å². The van der Waals surface area contributed by atoms with E-state index in [-0.39, 0.29) is 35.6 Å². The number of nitrogens with zero attached hydrogens (tertiary/aromatic N) is 4. The summed E-state index contributed by atoms with van der Waals surface area (Å²) in [6.45, 7) is 6.72. The topological polar surface area (TPSA) is 94.4 Å². The van der Waals surface area contributed by atoms with Crippen LogP contribution in [0.4, 0.5) is 13.6 Å². The SMILES string of the molecule is CC(C)OC(=O)N1CC=C(c2cnc(Cn3ccc4c(F)c(S(C)(=O)=O)c(F)cc43)cn2)C(C)C1. The Balaban J connectivity index is 1.54. The first-order valence-electron chi connectivity index (χ1n) is 11.1. The van der Waals surface area contributed by atoms with Gasteiger partial charge in [-0.15, -0.1) is 0 Å². The summed E-state index contributed by atoms with van der Waals surface area (Å²) >= 11 is 0. The van der Waals surface area contributed by atoms with Crippen molar-refractivity contribution in [2.45, 2.75) is 38.3 Å². The number of ether oxygens (including phenoxy) is 1. The second kappa shape index (κ2) is 9.37. The standard InChI is InChI=1S/C24H26F2N4O4S/c1-14(2)34-24(31)30-8-5-17(15(3)12-30)20-11-27-16(10-28-20)13-29-7-6-18-21(29)9-19(25)23(22(18)26)35(4,32)33/h5-7,9-11,14-15H,8,12-13H2,1-4H3. The number of halogens is 2. The van der Waals surface area contributed by atoms with Crippen LogP contribution in [0.3, 0.4) is 0 Å². The number of fused-ring (bicyclic) bond motifs is 1. The van der Waals surface area contributed by atoms with Crippen LogP contribution >= 0.6 is 0 Å². The molecular weight excluding hydrogens is 478 g/mol. The zero-order valence-electron chi connectivity index (χ0n) is 19.8. The molecule has 3 aromatic rings. The number of benzene rings is 1. The van der Waals surface area contributed by atoms with Crippen LogP contribution in [-0.2, 0) is 21.1 Å². The molecule has 0 spiro atoms. The minimum atomic E-state index is -4.05. The molecule has 0 fully saturated rings. The number of carbonyl (C=O) groups is 1. The lowest BCUT2D eigenvalue weighted by molar-refractivity contribution is 0.0769. The molecular formula is C24H26F2N4O4S. The fraction of sp³-hybridized carbons (Fsp3) is 0.375. The molecule has 0 saturated heterocycles. The minimum absolute atomic E-state index is 0.0122. The summed E-state index contributed by atoms with van der Waals surface area (Å²) in [5, 5.41) is 0.0122. The lowest BCUT2D eigenvalue weighted by Crippen LogP contribution is -2.39. The maximum atomic E-state index is 14.7. The van der Waals surface area contributed by atoms with E-state index in [1.165, 1.54) is 6.07 Å². The van der Waals surface area contributed by atoms with Gasteiger partial charge in [0.25, 0.3) is 0 Å². The summed E-state index contributed by atoms with van der Waals surface area (Å²) in [6, 6.07) is 2.42. The molecule has 1 aliphatic heterocycles. The third-order valence-electron chi connectivity index (χ3n) is 5.78. The number of amides is 1. The van der Waals surface area contributed by atoms with Crippen LogP contribution in [0.15, 0.2) is 41.7 Å². The van der Waals surface area contributed by atoms with Crippen molar-refractivity contribution in [3.63, 3.8) is 0 Å². The van der Waals surface area contributed by atoms with Gasteiger partial charge in [-0.25, -0.2) is 22.0 Å². The number of hydrogen-bond acceptors (Lipinski definition) is 6. The van der Waals surface area contributed by atoms with E-state index >= 15 is 0 Å². The summed E-state index contributed by atoms with van der Waals surface area (Å²) in [5.74, 6) is -2.21. The van der Waals surface area contributed by atoms with Crippen LogP contribution in [0, 0.1) is 17.6 Å². The minimum Gasteiger partial charge on any atom is -0.447 e. The normalized spacial score (nSPS) is 16.6. The molecule has 35 heavy (non-hydrogen) atoms. The van der Waals surface area contributed by atoms with E-state index in [1.807, 2.05) is 13.0 Å². The molecule has 186 valence electrons. The van der Waals surface area contributed by atoms with Gasteiger partial charge in [-0.2, -0.15) is 0 Å². The molecule has 11 heteroatoms. The van der Waals surface area contributed by atoms with Gasteiger partial charge in [-0.05, 0) is 31.6 Å². The third-order valence-corrected chi connectivity index (χ3v) is 6.89. The zero-order chi connectivity index (χ0) is 25.5. The van der Waals surface area contributed by atoms with Crippen molar-refractivity contribution in [3.05, 3.63) is 59.8 Å². The first-order chi connectivity index (χ1) is 16.5. The molecule has 1 aromatic carbocycles. The second-order valence-corrected chi connectivity index (χ2v) is 10.9. The van der Waals surface area contributed by atoms with Crippen LogP contribution < -0.4 is 0 Å². The van der Waals surface area contributed by atoms with E-state index in [1.54, 1.807) is 41.9 Å². The van der Waals surface area contributed by atoms with E-state index in [4.69, 9.17) is 4.74 Å². The molecule has 8 nitrogen and oxygen atoms in total. The van der Waals surface area contributed by atoms with Gasteiger partial charge in [0, 0.05) is 36.8 Å². The van der Waals surface area contributed by atoms with Gasteiger partial charge in [0.15, 0.2) is 15.7 Å². The summed E-state index contributed by atoms with van der Waals surface area (Å²) in [5.41, 5.74) is 2.44. The number of carbonyl (C=O) groups excluding carboxylic acids is 1. The van der Waals surface area contributed by atoms with Crippen LogP contribution in [0.1, 0.15) is 32.2 Å². The summed E-state index contributed by atoms with van der Waals surface area (Å²) < 4.78 is 59.5. The fourth-order valence-electron chi connectivity index (χ4n) is 4.18. The molecule has 3 heterocycles. The Morgan fingerprint density at radius 1 is 1.26 bits per heavy atom. The first kappa shape index (κ1) is 24.8. The van der Waals surface area contributed by atoms with E-state index in [2.05, 4.69) is 9.97 Å². The van der Waals surface area contributed by atoms with Crippen molar-refractivity contribution in [1.29, 1.82) is 0 Å². The van der Waals surface area contributed by atoms with Crippen LogP contribution in [0.25, 0.3) is 16.5 Å². The predicted molar refractivity (Wildman–Crippen MR) is 126 cm³/mol. The number of rotatable bonds is 5. The van der Waals surface area contributed by atoms with Crippen molar-refractivity contribution in [2.75, 3.05) is 19.3 Å². The Morgan fingerprint density at radius 2 is 2.00 bits per heavy atom. The highest BCUT2D eigenvalue weighted by molar-refractivity contribution is 7.90.